The predicted molar refractivity (Wildman–Crippen MR) is 53.4 cm³/mol. The van der Waals surface area contributed by atoms with E-state index in [0.717, 1.165) is 6.07 Å². The minimum Gasteiger partial charge on any atom is -0.478 e. The van der Waals surface area contributed by atoms with Crippen LogP contribution >= 0.6 is 0 Å². The third-order valence-electron chi connectivity index (χ3n) is 2.32. The van der Waals surface area contributed by atoms with Gasteiger partial charge in [0.2, 0.25) is 0 Å². The molecule has 1 aromatic heterocycles. The molecule has 0 spiro atoms. The van der Waals surface area contributed by atoms with Crippen molar-refractivity contribution in [1.29, 1.82) is 0 Å². The van der Waals surface area contributed by atoms with Crippen LogP contribution in [0.2, 0.25) is 0 Å². The number of carboxylic acids is 1. The van der Waals surface area contributed by atoms with Crippen molar-refractivity contribution in [3.63, 3.8) is 0 Å². The molecule has 0 bridgehead atoms. The molecule has 5 heteroatoms. The molecule has 0 fully saturated rings. The van der Waals surface area contributed by atoms with Gasteiger partial charge in [0.15, 0.2) is 5.78 Å². The van der Waals surface area contributed by atoms with E-state index < -0.39 is 11.5 Å². The van der Waals surface area contributed by atoms with Gasteiger partial charge in [0, 0.05) is 18.8 Å². The molecule has 1 N–H and O–H groups in total. The van der Waals surface area contributed by atoms with Crippen LogP contribution in [-0.2, 0) is 7.05 Å². The van der Waals surface area contributed by atoms with Crippen molar-refractivity contribution in [2.75, 3.05) is 0 Å². The highest BCUT2D eigenvalue weighted by Crippen LogP contribution is 2.12. The highest BCUT2D eigenvalue weighted by Gasteiger charge is 2.18. The SMILES string of the molecule is CC(=O)c1c(C(=O)O)cc(=O)n(C)c1C. The van der Waals surface area contributed by atoms with Crippen molar-refractivity contribution in [2.24, 2.45) is 7.05 Å². The molecule has 0 aliphatic rings. The van der Waals surface area contributed by atoms with Crippen LogP contribution in [-0.4, -0.2) is 21.4 Å². The van der Waals surface area contributed by atoms with Crippen molar-refractivity contribution in [3.8, 4) is 0 Å². The average Bonchev–Trinajstić information content (AvgIpc) is 2.12. The van der Waals surface area contributed by atoms with Crippen molar-refractivity contribution in [1.82, 2.24) is 4.57 Å². The zero-order valence-corrected chi connectivity index (χ0v) is 8.70. The van der Waals surface area contributed by atoms with Gasteiger partial charge in [-0.25, -0.2) is 4.79 Å². The number of Topliss-reactive ketones (excluding diaryl/α,β-unsaturated/α-hetero) is 1. The molecule has 5 nitrogen and oxygen atoms in total. The Labute approximate surface area is 86.0 Å². The second-order valence-electron chi connectivity index (χ2n) is 3.28. The molecule has 0 aliphatic carbocycles. The zero-order chi connectivity index (χ0) is 11.7. The van der Waals surface area contributed by atoms with Gasteiger partial charge in [0.1, 0.15) is 0 Å². The number of pyridine rings is 1. The van der Waals surface area contributed by atoms with E-state index in [4.69, 9.17) is 5.11 Å². The number of ketones is 1. The topological polar surface area (TPSA) is 76.4 Å². The van der Waals surface area contributed by atoms with E-state index in [9.17, 15) is 14.4 Å². The first-order chi connectivity index (χ1) is 6.86. The molecule has 0 aliphatic heterocycles. The Kier molecular flexibility index (Phi) is 2.74. The minimum absolute atomic E-state index is 0.0876. The maximum absolute atomic E-state index is 11.3. The van der Waals surface area contributed by atoms with Crippen LogP contribution in [0, 0.1) is 6.92 Å². The van der Waals surface area contributed by atoms with Crippen LogP contribution in [0.25, 0.3) is 0 Å². The summed E-state index contributed by atoms with van der Waals surface area (Å²) >= 11 is 0. The number of carboxylic acid groups (broad SMARTS) is 1. The van der Waals surface area contributed by atoms with Gasteiger partial charge in [-0.05, 0) is 13.8 Å². The van der Waals surface area contributed by atoms with Crippen LogP contribution in [0.1, 0.15) is 33.3 Å². The molecule has 0 saturated carbocycles. The maximum Gasteiger partial charge on any atom is 0.336 e. The molecule has 0 aromatic carbocycles. The summed E-state index contributed by atoms with van der Waals surface area (Å²) in [5.74, 6) is -1.62. The van der Waals surface area contributed by atoms with Gasteiger partial charge in [-0.3, -0.25) is 9.59 Å². The summed E-state index contributed by atoms with van der Waals surface area (Å²) in [5, 5.41) is 8.85. The number of nitrogens with zero attached hydrogens (tertiary/aromatic N) is 1. The van der Waals surface area contributed by atoms with E-state index >= 15 is 0 Å². The summed E-state index contributed by atoms with van der Waals surface area (Å²) in [6.07, 6.45) is 0. The predicted octanol–water partition coefficient (Wildman–Crippen LogP) is 0.595. The van der Waals surface area contributed by atoms with Gasteiger partial charge >= 0.3 is 5.97 Å². The van der Waals surface area contributed by atoms with Crippen molar-refractivity contribution in [3.05, 3.63) is 33.2 Å². The molecule has 0 radical (unpaired) electrons. The first kappa shape index (κ1) is 11.2. The lowest BCUT2D eigenvalue weighted by Crippen LogP contribution is -2.24. The monoisotopic (exact) mass is 209 g/mol. The average molecular weight is 209 g/mol. The lowest BCUT2D eigenvalue weighted by Gasteiger charge is -2.10. The highest BCUT2D eigenvalue weighted by atomic mass is 16.4. The Hall–Kier alpha value is -1.91. The van der Waals surface area contributed by atoms with E-state index in [1.807, 2.05) is 0 Å². The summed E-state index contributed by atoms with van der Waals surface area (Å²) in [4.78, 5) is 33.4. The number of carbonyl (C=O) groups is 2. The second-order valence-corrected chi connectivity index (χ2v) is 3.28. The Morgan fingerprint density at radius 1 is 1.40 bits per heavy atom. The van der Waals surface area contributed by atoms with Gasteiger partial charge in [-0.15, -0.1) is 0 Å². The largest absolute Gasteiger partial charge is 0.478 e. The van der Waals surface area contributed by atoms with Crippen molar-refractivity contribution in [2.45, 2.75) is 13.8 Å². The van der Waals surface area contributed by atoms with E-state index in [-0.39, 0.29) is 16.9 Å². The summed E-state index contributed by atoms with van der Waals surface area (Å²) in [6, 6.07) is 0.964. The number of aromatic carboxylic acids is 1. The van der Waals surface area contributed by atoms with Crippen LogP contribution in [0.5, 0.6) is 0 Å². The fourth-order valence-electron chi connectivity index (χ4n) is 1.43. The lowest BCUT2D eigenvalue weighted by atomic mass is 10.0. The minimum atomic E-state index is -1.26. The van der Waals surface area contributed by atoms with E-state index in [1.165, 1.54) is 18.5 Å². The maximum atomic E-state index is 11.3. The molecule has 1 rings (SSSR count). The molecule has 0 saturated heterocycles. The standard InChI is InChI=1S/C10H11NO4/c1-5-9(6(2)12)7(10(14)15)4-8(13)11(5)3/h4H,1-3H3,(H,14,15). The van der Waals surface area contributed by atoms with E-state index in [1.54, 1.807) is 6.92 Å². The van der Waals surface area contributed by atoms with Crippen LogP contribution < -0.4 is 5.56 Å². The Balaban J connectivity index is 3.73. The summed E-state index contributed by atoms with van der Waals surface area (Å²) in [5.41, 5.74) is -0.213. The van der Waals surface area contributed by atoms with E-state index in [2.05, 4.69) is 0 Å². The normalized spacial score (nSPS) is 10.1. The molecular formula is C10H11NO4. The highest BCUT2D eigenvalue weighted by molar-refractivity contribution is 6.05. The number of hydrogen-bond acceptors (Lipinski definition) is 3. The van der Waals surface area contributed by atoms with Gasteiger partial charge in [-0.2, -0.15) is 0 Å². The molecule has 0 amide bonds. The fraction of sp³-hybridized carbons (Fsp3) is 0.300. The third kappa shape index (κ3) is 1.81. The van der Waals surface area contributed by atoms with Gasteiger partial charge in [0.25, 0.3) is 5.56 Å². The lowest BCUT2D eigenvalue weighted by molar-refractivity contribution is 0.0691. The number of aromatic nitrogens is 1. The summed E-state index contributed by atoms with van der Waals surface area (Å²) < 4.78 is 1.25. The molecule has 1 heterocycles. The third-order valence-corrected chi connectivity index (χ3v) is 2.32. The Bertz CT molecular complexity index is 499. The molecule has 0 atom stereocenters. The number of hydrogen-bond donors (Lipinski definition) is 1. The van der Waals surface area contributed by atoms with Crippen molar-refractivity contribution >= 4 is 11.8 Å². The summed E-state index contributed by atoms with van der Waals surface area (Å²) in [7, 11) is 1.50. The number of carbonyl (C=O) groups excluding carboxylic acids is 1. The quantitative estimate of drug-likeness (QED) is 0.723. The fourth-order valence-corrected chi connectivity index (χ4v) is 1.43. The first-order valence-corrected chi connectivity index (χ1v) is 4.31. The van der Waals surface area contributed by atoms with Crippen LogP contribution in [0.3, 0.4) is 0 Å². The van der Waals surface area contributed by atoms with Crippen LogP contribution in [0.15, 0.2) is 10.9 Å². The van der Waals surface area contributed by atoms with Gasteiger partial charge in [-0.1, -0.05) is 0 Å². The van der Waals surface area contributed by atoms with Crippen LogP contribution in [0.4, 0.5) is 0 Å². The molecule has 1 aromatic rings. The molecule has 0 unspecified atom stereocenters. The second kappa shape index (κ2) is 3.68. The van der Waals surface area contributed by atoms with Gasteiger partial charge in [0.05, 0.1) is 11.1 Å². The molecule has 80 valence electrons. The van der Waals surface area contributed by atoms with E-state index in [0.29, 0.717) is 5.69 Å². The Morgan fingerprint density at radius 2 is 1.93 bits per heavy atom. The first-order valence-electron chi connectivity index (χ1n) is 4.31. The Morgan fingerprint density at radius 3 is 2.33 bits per heavy atom. The summed E-state index contributed by atoms with van der Waals surface area (Å²) in [6.45, 7) is 2.82. The smallest absolute Gasteiger partial charge is 0.336 e. The number of rotatable bonds is 2. The zero-order valence-electron chi connectivity index (χ0n) is 8.70. The van der Waals surface area contributed by atoms with Gasteiger partial charge < -0.3 is 9.67 Å². The molecule has 15 heavy (non-hydrogen) atoms. The van der Waals surface area contributed by atoms with Crippen molar-refractivity contribution < 1.29 is 14.7 Å². The molecular weight excluding hydrogens is 198 g/mol.